The monoisotopic (exact) mass is 294 g/mol. The molecule has 1 atom stereocenters. The van der Waals surface area contributed by atoms with Gasteiger partial charge in [0.05, 0.1) is 0 Å². The van der Waals surface area contributed by atoms with E-state index >= 15 is 0 Å². The van der Waals surface area contributed by atoms with Crippen molar-refractivity contribution in [3.05, 3.63) is 22.4 Å². The van der Waals surface area contributed by atoms with E-state index in [2.05, 4.69) is 44.3 Å². The van der Waals surface area contributed by atoms with Gasteiger partial charge in [-0.25, -0.2) is 0 Å². The van der Waals surface area contributed by atoms with Crippen molar-refractivity contribution in [1.29, 1.82) is 0 Å². The molecule has 0 radical (unpaired) electrons. The molecular formula is C15H26N4S. The minimum Gasteiger partial charge on any atom is -0.355 e. The van der Waals surface area contributed by atoms with Crippen LogP contribution in [0.3, 0.4) is 0 Å². The Morgan fingerprint density at radius 3 is 3.10 bits per heavy atom. The number of hydrogen-bond donors (Lipinski definition) is 2. The molecule has 0 spiro atoms. The smallest absolute Gasteiger partial charge is 0.191 e. The zero-order chi connectivity index (χ0) is 14.2. The number of likely N-dealkylation sites (tertiary alicyclic amines) is 1. The number of guanidine groups is 1. The lowest BCUT2D eigenvalue weighted by Crippen LogP contribution is -2.43. The fourth-order valence-corrected chi connectivity index (χ4v) is 3.29. The Morgan fingerprint density at radius 2 is 2.40 bits per heavy atom. The Kier molecular flexibility index (Phi) is 6.33. The van der Waals surface area contributed by atoms with Gasteiger partial charge in [0.1, 0.15) is 0 Å². The Balaban J connectivity index is 1.63. The molecule has 1 aromatic heterocycles. The van der Waals surface area contributed by atoms with Crippen LogP contribution in [0.25, 0.3) is 0 Å². The van der Waals surface area contributed by atoms with Crippen LogP contribution in [0.15, 0.2) is 21.8 Å². The molecule has 0 aliphatic carbocycles. The van der Waals surface area contributed by atoms with Crippen LogP contribution in [0, 0.1) is 5.92 Å². The summed E-state index contributed by atoms with van der Waals surface area (Å²) in [4.78, 5) is 6.81. The molecule has 1 aromatic rings. The van der Waals surface area contributed by atoms with Gasteiger partial charge < -0.3 is 15.5 Å². The number of piperidine rings is 1. The molecule has 4 nitrogen and oxygen atoms in total. The number of rotatable bonds is 5. The van der Waals surface area contributed by atoms with Crippen molar-refractivity contribution in [3.63, 3.8) is 0 Å². The first-order valence-electron chi connectivity index (χ1n) is 7.46. The molecule has 1 aliphatic rings. The largest absolute Gasteiger partial charge is 0.355 e. The van der Waals surface area contributed by atoms with Gasteiger partial charge in [-0.2, -0.15) is 11.3 Å². The maximum absolute atomic E-state index is 4.26. The first-order valence-corrected chi connectivity index (χ1v) is 8.40. The van der Waals surface area contributed by atoms with Crippen LogP contribution < -0.4 is 10.6 Å². The lowest BCUT2D eigenvalue weighted by atomic mass is 10.0. The Hall–Kier alpha value is -1.07. The van der Waals surface area contributed by atoms with Gasteiger partial charge in [0.2, 0.25) is 0 Å². The van der Waals surface area contributed by atoms with Crippen LogP contribution in [-0.4, -0.2) is 44.1 Å². The van der Waals surface area contributed by atoms with Gasteiger partial charge in [0.15, 0.2) is 5.96 Å². The fourth-order valence-electron chi connectivity index (χ4n) is 2.62. The summed E-state index contributed by atoms with van der Waals surface area (Å²) in [6.45, 7) is 7.72. The van der Waals surface area contributed by atoms with Gasteiger partial charge in [0, 0.05) is 33.2 Å². The first-order chi connectivity index (χ1) is 9.78. The Morgan fingerprint density at radius 1 is 1.50 bits per heavy atom. The van der Waals surface area contributed by atoms with Crippen LogP contribution in [0.4, 0.5) is 0 Å². The average Bonchev–Trinajstić information content (AvgIpc) is 2.96. The lowest BCUT2D eigenvalue weighted by Gasteiger charge is -2.30. The van der Waals surface area contributed by atoms with Crippen molar-refractivity contribution in [2.45, 2.75) is 26.3 Å². The zero-order valence-electron chi connectivity index (χ0n) is 12.6. The number of nitrogens with zero attached hydrogens (tertiary/aromatic N) is 2. The highest BCUT2D eigenvalue weighted by Crippen LogP contribution is 2.14. The zero-order valence-corrected chi connectivity index (χ0v) is 13.4. The van der Waals surface area contributed by atoms with E-state index in [9.17, 15) is 0 Å². The van der Waals surface area contributed by atoms with Crippen LogP contribution in [0.1, 0.15) is 25.3 Å². The van der Waals surface area contributed by atoms with Crippen LogP contribution in [0.2, 0.25) is 0 Å². The third-order valence-electron chi connectivity index (χ3n) is 3.73. The van der Waals surface area contributed by atoms with E-state index in [0.29, 0.717) is 0 Å². The first kappa shape index (κ1) is 15.3. The molecule has 0 bridgehead atoms. The molecule has 0 amide bonds. The summed E-state index contributed by atoms with van der Waals surface area (Å²) in [7, 11) is 1.83. The number of aliphatic imine (C=N–C) groups is 1. The second-order valence-electron chi connectivity index (χ2n) is 5.53. The van der Waals surface area contributed by atoms with Gasteiger partial charge in [0.25, 0.3) is 0 Å². The average molecular weight is 294 g/mol. The SMILES string of the molecule is CN=C(NCCN1CCCC(C)C1)NCc1ccsc1. The van der Waals surface area contributed by atoms with E-state index in [0.717, 1.165) is 31.5 Å². The van der Waals surface area contributed by atoms with Crippen LogP contribution in [0.5, 0.6) is 0 Å². The maximum atomic E-state index is 4.26. The molecule has 20 heavy (non-hydrogen) atoms. The van der Waals surface area contributed by atoms with Crippen molar-refractivity contribution in [2.75, 3.05) is 33.2 Å². The molecule has 1 saturated heterocycles. The molecule has 2 rings (SSSR count). The summed E-state index contributed by atoms with van der Waals surface area (Å²) in [5.41, 5.74) is 1.31. The number of nitrogens with one attached hydrogen (secondary N) is 2. The molecule has 2 N–H and O–H groups in total. The third kappa shape index (κ3) is 5.13. The van der Waals surface area contributed by atoms with Crippen LogP contribution >= 0.6 is 11.3 Å². The fraction of sp³-hybridized carbons (Fsp3) is 0.667. The van der Waals surface area contributed by atoms with Gasteiger partial charge in [-0.15, -0.1) is 0 Å². The summed E-state index contributed by atoms with van der Waals surface area (Å²) in [6, 6.07) is 2.14. The summed E-state index contributed by atoms with van der Waals surface area (Å²) >= 11 is 1.73. The topological polar surface area (TPSA) is 39.7 Å². The van der Waals surface area contributed by atoms with Crippen LogP contribution in [-0.2, 0) is 6.54 Å². The van der Waals surface area contributed by atoms with Gasteiger partial charge in [-0.1, -0.05) is 6.92 Å². The summed E-state index contributed by atoms with van der Waals surface area (Å²) < 4.78 is 0. The number of hydrogen-bond acceptors (Lipinski definition) is 3. The van der Waals surface area contributed by atoms with E-state index in [1.807, 2.05) is 7.05 Å². The second kappa shape index (κ2) is 8.27. The van der Waals surface area contributed by atoms with Gasteiger partial charge in [-0.05, 0) is 47.7 Å². The molecule has 112 valence electrons. The Labute approximate surface area is 126 Å². The van der Waals surface area contributed by atoms with Crippen molar-refractivity contribution < 1.29 is 0 Å². The van der Waals surface area contributed by atoms with Crippen molar-refractivity contribution >= 4 is 17.3 Å². The molecule has 1 fully saturated rings. The van der Waals surface area contributed by atoms with E-state index in [1.165, 1.54) is 31.5 Å². The van der Waals surface area contributed by atoms with Crippen molar-refractivity contribution in [3.8, 4) is 0 Å². The van der Waals surface area contributed by atoms with E-state index in [4.69, 9.17) is 0 Å². The summed E-state index contributed by atoms with van der Waals surface area (Å²) in [6.07, 6.45) is 2.72. The summed E-state index contributed by atoms with van der Waals surface area (Å²) in [5.74, 6) is 1.74. The lowest BCUT2D eigenvalue weighted by molar-refractivity contribution is 0.187. The highest BCUT2D eigenvalue weighted by molar-refractivity contribution is 7.07. The second-order valence-corrected chi connectivity index (χ2v) is 6.31. The molecule has 0 saturated carbocycles. The molecular weight excluding hydrogens is 268 g/mol. The highest BCUT2D eigenvalue weighted by Gasteiger charge is 2.15. The Bertz CT molecular complexity index is 402. The molecule has 1 unspecified atom stereocenters. The molecule has 2 heterocycles. The normalized spacial score (nSPS) is 20.9. The van der Waals surface area contributed by atoms with Crippen molar-refractivity contribution in [1.82, 2.24) is 15.5 Å². The van der Waals surface area contributed by atoms with E-state index in [1.54, 1.807) is 11.3 Å². The predicted octanol–water partition coefficient (Wildman–Crippen LogP) is 2.14. The minimum atomic E-state index is 0.837. The predicted molar refractivity (Wildman–Crippen MR) is 87.4 cm³/mol. The molecule has 0 aromatic carbocycles. The molecule has 5 heteroatoms. The van der Waals surface area contributed by atoms with E-state index in [-0.39, 0.29) is 0 Å². The quantitative estimate of drug-likeness (QED) is 0.646. The third-order valence-corrected chi connectivity index (χ3v) is 4.46. The standard InChI is InChI=1S/C15H26N4S/c1-13-4-3-7-19(11-13)8-6-17-15(16-2)18-10-14-5-9-20-12-14/h5,9,12-13H,3-4,6-8,10-11H2,1-2H3,(H2,16,17,18). The van der Waals surface area contributed by atoms with Gasteiger partial charge >= 0.3 is 0 Å². The van der Waals surface area contributed by atoms with Gasteiger partial charge in [-0.3, -0.25) is 4.99 Å². The highest BCUT2D eigenvalue weighted by atomic mass is 32.1. The number of thiophene rings is 1. The van der Waals surface area contributed by atoms with Crippen molar-refractivity contribution in [2.24, 2.45) is 10.9 Å². The minimum absolute atomic E-state index is 0.837. The van der Waals surface area contributed by atoms with E-state index < -0.39 is 0 Å². The summed E-state index contributed by atoms with van der Waals surface area (Å²) in [5, 5.41) is 11.0. The molecule has 1 aliphatic heterocycles. The maximum Gasteiger partial charge on any atom is 0.191 e.